The molecule has 2 aliphatic heterocycles. The van der Waals surface area contributed by atoms with E-state index >= 15 is 0 Å². The summed E-state index contributed by atoms with van der Waals surface area (Å²) in [6.07, 6.45) is -4.03. The largest absolute Gasteiger partial charge is 0.389 e. The number of likely N-dealkylation sites (tertiary alicyclic amines) is 1. The van der Waals surface area contributed by atoms with E-state index in [-0.39, 0.29) is 11.9 Å². The van der Waals surface area contributed by atoms with Gasteiger partial charge in [-0.3, -0.25) is 9.69 Å². The number of benzene rings is 1. The Labute approximate surface area is 156 Å². The van der Waals surface area contributed by atoms with Crippen LogP contribution in [0.15, 0.2) is 24.3 Å². The number of nitrogens with zero attached hydrogens (tertiary/aromatic N) is 3. The van der Waals surface area contributed by atoms with Gasteiger partial charge in [0.25, 0.3) is 0 Å². The first kappa shape index (κ1) is 19.9. The highest BCUT2D eigenvalue weighted by Crippen LogP contribution is 2.24. The molecule has 1 aromatic carbocycles. The first-order valence-corrected chi connectivity index (χ1v) is 9.41. The molecule has 8 heteroatoms. The molecule has 0 aromatic heterocycles. The number of anilines is 1. The topological polar surface area (TPSA) is 26.8 Å². The van der Waals surface area contributed by atoms with E-state index in [4.69, 9.17) is 0 Å². The molecule has 0 radical (unpaired) electrons. The average Bonchev–Trinajstić information content (AvgIpc) is 2.66. The summed E-state index contributed by atoms with van der Waals surface area (Å²) < 4.78 is 50.1. The zero-order valence-electron chi connectivity index (χ0n) is 15.2. The molecular formula is C19H25F4N3O. The maximum absolute atomic E-state index is 13.1. The predicted octanol–water partition coefficient (Wildman–Crippen LogP) is 3.28. The van der Waals surface area contributed by atoms with E-state index in [2.05, 4.69) is 9.80 Å². The van der Waals surface area contributed by atoms with Crippen LogP contribution < -0.4 is 4.90 Å². The van der Waals surface area contributed by atoms with Gasteiger partial charge in [-0.05, 0) is 37.1 Å². The van der Waals surface area contributed by atoms with Gasteiger partial charge < -0.3 is 9.80 Å². The summed E-state index contributed by atoms with van der Waals surface area (Å²) in [7, 11) is 0. The number of piperidine rings is 1. The van der Waals surface area contributed by atoms with Gasteiger partial charge in [-0.25, -0.2) is 4.39 Å². The fraction of sp³-hybridized carbons (Fsp3) is 0.632. The monoisotopic (exact) mass is 387 g/mol. The molecule has 1 amide bonds. The van der Waals surface area contributed by atoms with Crippen LogP contribution in [-0.2, 0) is 4.79 Å². The minimum atomic E-state index is -4.29. The van der Waals surface area contributed by atoms with Crippen LogP contribution in [0.5, 0.6) is 0 Å². The molecule has 2 saturated heterocycles. The van der Waals surface area contributed by atoms with Gasteiger partial charge in [-0.15, -0.1) is 0 Å². The van der Waals surface area contributed by atoms with Crippen LogP contribution in [0, 0.1) is 5.82 Å². The van der Waals surface area contributed by atoms with Gasteiger partial charge in [0.1, 0.15) is 5.82 Å². The Morgan fingerprint density at radius 1 is 1.04 bits per heavy atom. The van der Waals surface area contributed by atoms with E-state index in [1.165, 1.54) is 12.1 Å². The van der Waals surface area contributed by atoms with E-state index in [0.29, 0.717) is 13.1 Å². The highest BCUT2D eigenvalue weighted by Gasteiger charge is 2.32. The van der Waals surface area contributed by atoms with Gasteiger partial charge >= 0.3 is 6.18 Å². The van der Waals surface area contributed by atoms with Crippen molar-refractivity contribution in [1.29, 1.82) is 0 Å². The molecule has 0 N–H and O–H groups in total. The fourth-order valence-electron chi connectivity index (χ4n) is 3.88. The van der Waals surface area contributed by atoms with Gasteiger partial charge in [0.05, 0.1) is 6.42 Å². The smallest absolute Gasteiger partial charge is 0.369 e. The second-order valence-electron chi connectivity index (χ2n) is 7.25. The second kappa shape index (κ2) is 8.46. The number of piperazine rings is 1. The lowest BCUT2D eigenvalue weighted by atomic mass is 10.0. The highest BCUT2D eigenvalue weighted by molar-refractivity contribution is 5.76. The first-order chi connectivity index (χ1) is 12.8. The number of hydrogen-bond donors (Lipinski definition) is 0. The summed E-state index contributed by atoms with van der Waals surface area (Å²) in [5, 5.41) is 0. The molecule has 2 fully saturated rings. The molecule has 1 atom stereocenters. The Kier molecular flexibility index (Phi) is 6.24. The number of hydrogen-bond acceptors (Lipinski definition) is 3. The molecular weight excluding hydrogens is 362 g/mol. The van der Waals surface area contributed by atoms with Crippen molar-refractivity contribution in [2.45, 2.75) is 37.9 Å². The Morgan fingerprint density at radius 2 is 1.70 bits per heavy atom. The van der Waals surface area contributed by atoms with E-state index in [0.717, 1.165) is 44.7 Å². The summed E-state index contributed by atoms with van der Waals surface area (Å²) in [5.74, 6) is -0.656. The van der Waals surface area contributed by atoms with Crippen LogP contribution in [0.1, 0.15) is 25.7 Å². The first-order valence-electron chi connectivity index (χ1n) is 9.41. The van der Waals surface area contributed by atoms with Crippen molar-refractivity contribution >= 4 is 11.6 Å². The van der Waals surface area contributed by atoms with E-state index in [9.17, 15) is 22.4 Å². The van der Waals surface area contributed by atoms with Crippen LogP contribution in [0.3, 0.4) is 0 Å². The molecule has 1 unspecified atom stereocenters. The lowest BCUT2D eigenvalue weighted by Gasteiger charge is -2.44. The number of halogens is 4. The maximum Gasteiger partial charge on any atom is 0.389 e. The lowest BCUT2D eigenvalue weighted by Crippen LogP contribution is -2.55. The van der Waals surface area contributed by atoms with E-state index in [1.54, 1.807) is 17.0 Å². The van der Waals surface area contributed by atoms with Crippen LogP contribution >= 0.6 is 0 Å². The average molecular weight is 387 g/mol. The fourth-order valence-corrected chi connectivity index (χ4v) is 3.88. The third kappa shape index (κ3) is 5.57. The lowest BCUT2D eigenvalue weighted by molar-refractivity contribution is -0.150. The zero-order chi connectivity index (χ0) is 19.4. The normalized spacial score (nSPS) is 22.1. The Balaban J connectivity index is 1.49. The summed E-state index contributed by atoms with van der Waals surface area (Å²) in [6, 6.07) is 6.64. The minimum Gasteiger partial charge on any atom is -0.369 e. The van der Waals surface area contributed by atoms with Crippen molar-refractivity contribution < 1.29 is 22.4 Å². The van der Waals surface area contributed by atoms with Gasteiger partial charge in [-0.2, -0.15) is 13.2 Å². The molecule has 0 aliphatic carbocycles. The molecule has 150 valence electrons. The quantitative estimate of drug-likeness (QED) is 0.742. The number of alkyl halides is 3. The van der Waals surface area contributed by atoms with Crippen LogP contribution in [0.2, 0.25) is 0 Å². The molecule has 3 rings (SSSR count). The van der Waals surface area contributed by atoms with Crippen molar-refractivity contribution in [2.75, 3.05) is 44.2 Å². The van der Waals surface area contributed by atoms with Crippen molar-refractivity contribution in [3.63, 3.8) is 0 Å². The molecule has 0 saturated carbocycles. The molecule has 27 heavy (non-hydrogen) atoms. The van der Waals surface area contributed by atoms with Gasteiger partial charge in [-0.1, -0.05) is 0 Å². The van der Waals surface area contributed by atoms with E-state index in [1.807, 2.05) is 0 Å². The third-order valence-corrected chi connectivity index (χ3v) is 5.39. The SMILES string of the molecule is O=C(CCC(F)(F)F)N1CCCC(N2CCN(c3ccc(F)cc3)CC2)C1. The summed E-state index contributed by atoms with van der Waals surface area (Å²) in [5.41, 5.74) is 0.989. The Bertz CT molecular complexity index is 627. The van der Waals surface area contributed by atoms with E-state index < -0.39 is 24.9 Å². The summed E-state index contributed by atoms with van der Waals surface area (Å²) in [4.78, 5) is 18.2. The van der Waals surface area contributed by atoms with Gasteiger partial charge in [0.15, 0.2) is 0 Å². The minimum absolute atomic E-state index is 0.198. The molecule has 0 bridgehead atoms. The van der Waals surface area contributed by atoms with Gasteiger partial charge in [0.2, 0.25) is 5.91 Å². The van der Waals surface area contributed by atoms with Crippen molar-refractivity contribution in [3.8, 4) is 0 Å². The molecule has 2 heterocycles. The predicted molar refractivity (Wildman–Crippen MR) is 95.1 cm³/mol. The van der Waals surface area contributed by atoms with Gasteiger partial charge in [0, 0.05) is 57.4 Å². The summed E-state index contributed by atoms with van der Waals surface area (Å²) in [6.45, 7) is 4.32. The van der Waals surface area contributed by atoms with Crippen LogP contribution in [-0.4, -0.2) is 67.2 Å². The maximum atomic E-state index is 13.1. The van der Waals surface area contributed by atoms with Crippen LogP contribution in [0.25, 0.3) is 0 Å². The molecule has 0 spiro atoms. The highest BCUT2D eigenvalue weighted by atomic mass is 19.4. The second-order valence-corrected chi connectivity index (χ2v) is 7.25. The van der Waals surface area contributed by atoms with Crippen molar-refractivity contribution in [3.05, 3.63) is 30.1 Å². The number of amides is 1. The summed E-state index contributed by atoms with van der Waals surface area (Å²) >= 11 is 0. The Morgan fingerprint density at radius 3 is 2.33 bits per heavy atom. The van der Waals surface area contributed by atoms with Crippen molar-refractivity contribution in [1.82, 2.24) is 9.80 Å². The van der Waals surface area contributed by atoms with Crippen LogP contribution in [0.4, 0.5) is 23.2 Å². The Hall–Kier alpha value is -1.83. The number of carbonyl (C=O) groups excluding carboxylic acids is 1. The van der Waals surface area contributed by atoms with Crippen molar-refractivity contribution in [2.24, 2.45) is 0 Å². The molecule has 1 aromatic rings. The molecule has 2 aliphatic rings. The number of rotatable bonds is 4. The molecule has 4 nitrogen and oxygen atoms in total. The number of carbonyl (C=O) groups is 1. The standard InChI is InChI=1S/C19H25F4N3O/c20-15-3-5-16(6-4-15)24-10-12-25(13-11-24)17-2-1-9-26(14-17)18(27)7-8-19(21,22)23/h3-6,17H,1-2,7-14H2. The zero-order valence-corrected chi connectivity index (χ0v) is 15.2. The third-order valence-electron chi connectivity index (χ3n) is 5.39.